The van der Waals surface area contributed by atoms with E-state index in [0.717, 1.165) is 0 Å². The maximum Gasteiger partial charge on any atom is 0.211 e. The number of carbonyl (C=O) groups excluding carboxylic acids is 2. The molecule has 0 radical (unpaired) electrons. The van der Waals surface area contributed by atoms with Gasteiger partial charge in [-0.25, -0.2) is 4.98 Å². The van der Waals surface area contributed by atoms with Crippen LogP contribution < -0.4 is 4.74 Å². The number of para-hydroxylation sites is 1. The number of hydrogen-bond acceptors (Lipinski definition) is 4. The first kappa shape index (κ1) is 18.9. The largest absolute Gasteiger partial charge is 0.496 e. The highest BCUT2D eigenvalue weighted by atomic mass is 35.5. The Morgan fingerprint density at radius 1 is 1.15 bits per heavy atom. The Morgan fingerprint density at radius 2 is 1.81 bits per heavy atom. The van der Waals surface area contributed by atoms with Gasteiger partial charge in [-0.2, -0.15) is 0 Å². The Kier molecular flexibility index (Phi) is 5.42. The molecule has 0 saturated carbocycles. The van der Waals surface area contributed by atoms with Gasteiger partial charge in [-0.3, -0.25) is 9.59 Å². The summed E-state index contributed by atoms with van der Waals surface area (Å²) in [5, 5.41) is 0.536. The molecule has 5 nitrogen and oxygen atoms in total. The first-order valence-corrected chi connectivity index (χ1v) is 8.86. The van der Waals surface area contributed by atoms with Crippen molar-refractivity contribution in [2.45, 2.75) is 19.9 Å². The molecular weight excluding hydrogens is 364 g/mol. The van der Waals surface area contributed by atoms with Crippen molar-refractivity contribution in [3.05, 3.63) is 70.5 Å². The zero-order chi connectivity index (χ0) is 19.6. The summed E-state index contributed by atoms with van der Waals surface area (Å²) in [6, 6.07) is 13.8. The van der Waals surface area contributed by atoms with E-state index in [9.17, 15) is 9.59 Å². The van der Waals surface area contributed by atoms with Crippen LogP contribution in [0.3, 0.4) is 0 Å². The molecule has 138 valence electrons. The maximum atomic E-state index is 13.2. The van der Waals surface area contributed by atoms with Crippen LogP contribution in [0.4, 0.5) is 0 Å². The van der Waals surface area contributed by atoms with Crippen LogP contribution in [0.5, 0.6) is 5.75 Å². The number of carbonyl (C=O) groups is 2. The van der Waals surface area contributed by atoms with Crippen LogP contribution in [0, 0.1) is 0 Å². The summed E-state index contributed by atoms with van der Waals surface area (Å²) in [6.07, 6.45) is 0.612. The highest BCUT2D eigenvalue weighted by Crippen LogP contribution is 2.33. The van der Waals surface area contributed by atoms with Gasteiger partial charge in [0.2, 0.25) is 5.78 Å². The lowest BCUT2D eigenvalue weighted by molar-refractivity contribution is 0.101. The van der Waals surface area contributed by atoms with Crippen molar-refractivity contribution in [2.24, 2.45) is 0 Å². The zero-order valence-corrected chi connectivity index (χ0v) is 16.0. The van der Waals surface area contributed by atoms with Gasteiger partial charge < -0.3 is 9.30 Å². The van der Waals surface area contributed by atoms with Crippen molar-refractivity contribution in [1.29, 1.82) is 0 Å². The fourth-order valence-corrected chi connectivity index (χ4v) is 3.14. The molecule has 0 bridgehead atoms. The number of aldehydes is 1. The minimum atomic E-state index is -0.281. The number of benzene rings is 2. The maximum absolute atomic E-state index is 13.2. The topological polar surface area (TPSA) is 61.2 Å². The van der Waals surface area contributed by atoms with Crippen LogP contribution in [-0.4, -0.2) is 28.7 Å². The first-order valence-electron chi connectivity index (χ1n) is 8.49. The first-order chi connectivity index (χ1) is 13.0. The molecule has 0 aliphatic carbocycles. The minimum absolute atomic E-state index is 0.0997. The summed E-state index contributed by atoms with van der Waals surface area (Å²) >= 11 is 5.92. The van der Waals surface area contributed by atoms with Gasteiger partial charge in [-0.15, -0.1) is 0 Å². The zero-order valence-electron chi connectivity index (χ0n) is 15.3. The van der Waals surface area contributed by atoms with E-state index < -0.39 is 0 Å². The van der Waals surface area contributed by atoms with Crippen molar-refractivity contribution in [3.63, 3.8) is 0 Å². The lowest BCUT2D eigenvalue weighted by atomic mass is 10.1. The molecule has 0 amide bonds. The minimum Gasteiger partial charge on any atom is -0.496 e. The van der Waals surface area contributed by atoms with E-state index in [-0.39, 0.29) is 23.2 Å². The van der Waals surface area contributed by atoms with Crippen molar-refractivity contribution in [3.8, 4) is 17.1 Å². The van der Waals surface area contributed by atoms with Gasteiger partial charge in [0.15, 0.2) is 6.29 Å². The van der Waals surface area contributed by atoms with Gasteiger partial charge in [-0.1, -0.05) is 23.7 Å². The number of rotatable bonds is 6. The standard InChI is InChI=1S/C21H19ClN2O3/c1-13(2)24-19(20(26)14-8-10-15(22)11-9-14)17(12-25)23-21(24)16-6-4-5-7-18(16)27-3/h4-13H,1-3H3. The lowest BCUT2D eigenvalue weighted by Gasteiger charge is -2.17. The van der Waals surface area contributed by atoms with Crippen molar-refractivity contribution < 1.29 is 14.3 Å². The van der Waals surface area contributed by atoms with Gasteiger partial charge >= 0.3 is 0 Å². The van der Waals surface area contributed by atoms with Crippen molar-refractivity contribution in [2.75, 3.05) is 7.11 Å². The Morgan fingerprint density at radius 3 is 2.41 bits per heavy atom. The second kappa shape index (κ2) is 7.76. The van der Waals surface area contributed by atoms with Crippen LogP contribution in [-0.2, 0) is 0 Å². The predicted molar refractivity (Wildman–Crippen MR) is 105 cm³/mol. The van der Waals surface area contributed by atoms with Gasteiger partial charge in [-0.05, 0) is 50.2 Å². The highest BCUT2D eigenvalue weighted by molar-refractivity contribution is 6.30. The number of methoxy groups -OCH3 is 1. The summed E-state index contributed by atoms with van der Waals surface area (Å²) in [5.41, 5.74) is 1.51. The van der Waals surface area contributed by atoms with Crippen LogP contribution in [0.15, 0.2) is 48.5 Å². The number of ether oxygens (including phenoxy) is 1. The molecule has 3 rings (SSSR count). The van der Waals surface area contributed by atoms with Crippen LogP contribution in [0.2, 0.25) is 5.02 Å². The van der Waals surface area contributed by atoms with E-state index in [1.807, 2.05) is 38.1 Å². The monoisotopic (exact) mass is 382 g/mol. The summed E-state index contributed by atoms with van der Waals surface area (Å²) in [6.45, 7) is 3.88. The van der Waals surface area contributed by atoms with E-state index in [1.165, 1.54) is 0 Å². The smallest absolute Gasteiger partial charge is 0.211 e. The van der Waals surface area contributed by atoms with Gasteiger partial charge in [0.1, 0.15) is 23.0 Å². The summed E-state index contributed by atoms with van der Waals surface area (Å²) in [5.74, 6) is 0.852. The Bertz CT molecular complexity index is 991. The molecule has 0 atom stereocenters. The van der Waals surface area contributed by atoms with Gasteiger partial charge in [0, 0.05) is 16.6 Å². The molecule has 0 saturated heterocycles. The number of halogens is 1. The molecule has 0 aliphatic rings. The van der Waals surface area contributed by atoms with E-state index in [1.54, 1.807) is 35.9 Å². The number of hydrogen-bond donors (Lipinski definition) is 0. The average molecular weight is 383 g/mol. The Balaban J connectivity index is 2.25. The molecule has 0 fully saturated rings. The lowest BCUT2D eigenvalue weighted by Crippen LogP contribution is -2.15. The second-order valence-electron chi connectivity index (χ2n) is 6.29. The predicted octanol–water partition coefficient (Wildman–Crippen LogP) is 4.84. The molecule has 6 heteroatoms. The van der Waals surface area contributed by atoms with Crippen molar-refractivity contribution in [1.82, 2.24) is 9.55 Å². The second-order valence-corrected chi connectivity index (χ2v) is 6.72. The number of imidazole rings is 1. The summed E-state index contributed by atoms with van der Waals surface area (Å²) in [4.78, 5) is 29.3. The van der Waals surface area contributed by atoms with E-state index in [0.29, 0.717) is 34.0 Å². The SMILES string of the molecule is COc1ccccc1-c1nc(C=O)c(C(=O)c2ccc(Cl)cc2)n1C(C)C. The molecule has 27 heavy (non-hydrogen) atoms. The molecule has 0 unspecified atom stereocenters. The average Bonchev–Trinajstić information content (AvgIpc) is 3.07. The highest BCUT2D eigenvalue weighted by Gasteiger charge is 2.27. The number of nitrogens with zero attached hydrogens (tertiary/aromatic N) is 2. The molecule has 0 aliphatic heterocycles. The fraction of sp³-hybridized carbons (Fsp3) is 0.190. The third-order valence-corrected chi connectivity index (χ3v) is 4.49. The third kappa shape index (κ3) is 3.51. The van der Waals surface area contributed by atoms with Crippen LogP contribution >= 0.6 is 11.6 Å². The normalized spacial score (nSPS) is 10.9. The number of aromatic nitrogens is 2. The Labute approximate surface area is 162 Å². The van der Waals surface area contributed by atoms with E-state index >= 15 is 0 Å². The molecule has 0 spiro atoms. The number of ketones is 1. The van der Waals surface area contributed by atoms with E-state index in [4.69, 9.17) is 16.3 Å². The molecular formula is C21H19ClN2O3. The molecule has 1 aromatic heterocycles. The van der Waals surface area contributed by atoms with Crippen molar-refractivity contribution >= 4 is 23.7 Å². The Hall–Kier alpha value is -2.92. The van der Waals surface area contributed by atoms with Gasteiger partial charge in [0.25, 0.3) is 0 Å². The molecule has 3 aromatic rings. The van der Waals surface area contributed by atoms with Crippen LogP contribution in [0.1, 0.15) is 46.4 Å². The van der Waals surface area contributed by atoms with Gasteiger partial charge in [0.05, 0.1) is 12.7 Å². The fourth-order valence-electron chi connectivity index (χ4n) is 3.02. The quantitative estimate of drug-likeness (QED) is 0.452. The third-order valence-electron chi connectivity index (χ3n) is 4.24. The molecule has 1 heterocycles. The van der Waals surface area contributed by atoms with Crippen LogP contribution in [0.25, 0.3) is 11.4 Å². The molecule has 0 N–H and O–H groups in total. The molecule has 2 aromatic carbocycles. The van der Waals surface area contributed by atoms with E-state index in [2.05, 4.69) is 4.98 Å². The summed E-state index contributed by atoms with van der Waals surface area (Å²) in [7, 11) is 1.57. The summed E-state index contributed by atoms with van der Waals surface area (Å²) < 4.78 is 7.21.